The van der Waals surface area contributed by atoms with E-state index in [9.17, 15) is 4.79 Å². The number of amides is 1. The van der Waals surface area contributed by atoms with Gasteiger partial charge in [0.25, 0.3) is 5.91 Å². The van der Waals surface area contributed by atoms with Crippen molar-refractivity contribution in [3.05, 3.63) is 17.7 Å². The van der Waals surface area contributed by atoms with Gasteiger partial charge in [-0.15, -0.1) is 12.4 Å². The maximum atomic E-state index is 11.3. The quantitative estimate of drug-likeness (QED) is 0.562. The summed E-state index contributed by atoms with van der Waals surface area (Å²) < 4.78 is 16.3. The second-order valence-electron chi connectivity index (χ2n) is 5.11. The fraction of sp³-hybridized carbons (Fsp3) is 0.533. The van der Waals surface area contributed by atoms with Gasteiger partial charge in [-0.25, -0.2) is 0 Å². The Morgan fingerprint density at radius 3 is 2.61 bits per heavy atom. The highest BCUT2D eigenvalue weighted by Crippen LogP contribution is 2.32. The van der Waals surface area contributed by atoms with Crippen LogP contribution in [0.4, 0.5) is 5.69 Å². The summed E-state index contributed by atoms with van der Waals surface area (Å²) in [6, 6.07) is 3.09. The Hall–Kier alpha value is -1.70. The highest BCUT2D eigenvalue weighted by Gasteiger charge is 2.14. The summed E-state index contributed by atoms with van der Waals surface area (Å²) in [6.07, 6.45) is 0.890. The molecular weight excluding hydrogens is 322 g/mol. The molecule has 1 aliphatic rings. The zero-order valence-electron chi connectivity index (χ0n) is 13.2. The van der Waals surface area contributed by atoms with E-state index in [1.165, 1.54) is 13.2 Å². The number of primary amides is 1. The van der Waals surface area contributed by atoms with Gasteiger partial charge in [-0.2, -0.15) is 0 Å². The van der Waals surface area contributed by atoms with Gasteiger partial charge in [0.05, 0.1) is 32.5 Å². The molecule has 0 unspecified atom stereocenters. The number of nitrogens with zero attached hydrogens (tertiary/aromatic N) is 1. The van der Waals surface area contributed by atoms with Gasteiger partial charge in [0.15, 0.2) is 11.5 Å². The molecule has 4 N–H and O–H groups in total. The van der Waals surface area contributed by atoms with E-state index >= 15 is 0 Å². The fourth-order valence-corrected chi connectivity index (χ4v) is 2.36. The molecule has 130 valence electrons. The van der Waals surface area contributed by atoms with Gasteiger partial charge in [0.1, 0.15) is 0 Å². The number of hydrogen-bond donors (Lipinski definition) is 2. The van der Waals surface area contributed by atoms with Crippen LogP contribution < -0.4 is 20.9 Å². The van der Waals surface area contributed by atoms with Crippen LogP contribution in [0.2, 0.25) is 0 Å². The highest BCUT2D eigenvalue weighted by molar-refractivity contribution is 5.98. The molecular formula is C15H24ClN3O4. The number of anilines is 1. The van der Waals surface area contributed by atoms with E-state index < -0.39 is 5.91 Å². The second-order valence-corrected chi connectivity index (χ2v) is 5.11. The summed E-state index contributed by atoms with van der Waals surface area (Å²) in [4.78, 5) is 13.6. The van der Waals surface area contributed by atoms with Gasteiger partial charge in [-0.05, 0) is 12.5 Å². The van der Waals surface area contributed by atoms with Crippen LogP contribution in [0.1, 0.15) is 16.8 Å². The lowest BCUT2D eigenvalue weighted by Crippen LogP contribution is -2.37. The van der Waals surface area contributed by atoms with Crippen LogP contribution in [0.3, 0.4) is 0 Å². The van der Waals surface area contributed by atoms with Crippen molar-refractivity contribution in [2.45, 2.75) is 6.42 Å². The molecule has 1 aliphatic heterocycles. The van der Waals surface area contributed by atoms with Crippen molar-refractivity contribution in [1.82, 2.24) is 4.90 Å². The summed E-state index contributed by atoms with van der Waals surface area (Å²) >= 11 is 0. The first-order valence-electron chi connectivity index (χ1n) is 7.32. The third kappa shape index (κ3) is 5.46. The molecule has 23 heavy (non-hydrogen) atoms. The lowest BCUT2D eigenvalue weighted by atomic mass is 10.1. The number of nitrogen functional groups attached to an aromatic ring is 1. The van der Waals surface area contributed by atoms with E-state index in [0.29, 0.717) is 18.1 Å². The Morgan fingerprint density at radius 1 is 1.30 bits per heavy atom. The Balaban J connectivity index is 0.00000264. The molecule has 7 nitrogen and oxygen atoms in total. The van der Waals surface area contributed by atoms with Crippen LogP contribution in [0.5, 0.6) is 11.5 Å². The van der Waals surface area contributed by atoms with Crippen LogP contribution in [0.15, 0.2) is 12.1 Å². The smallest absolute Gasteiger partial charge is 0.250 e. The maximum absolute atomic E-state index is 11.3. The topological polar surface area (TPSA) is 100 Å². The lowest BCUT2D eigenvalue weighted by molar-refractivity contribution is 0.0357. The molecule has 0 radical (unpaired) electrons. The van der Waals surface area contributed by atoms with Crippen molar-refractivity contribution < 1.29 is 19.0 Å². The monoisotopic (exact) mass is 345 g/mol. The van der Waals surface area contributed by atoms with Crippen molar-refractivity contribution in [3.63, 3.8) is 0 Å². The zero-order valence-corrected chi connectivity index (χ0v) is 14.1. The molecule has 0 saturated carbocycles. The SMILES string of the molecule is COc1cc(C(N)=O)c(N)cc1OCCCN1CCOCC1.Cl. The lowest BCUT2D eigenvalue weighted by Gasteiger charge is -2.26. The van der Waals surface area contributed by atoms with Gasteiger partial charge < -0.3 is 25.7 Å². The van der Waals surface area contributed by atoms with E-state index in [4.69, 9.17) is 25.7 Å². The third-order valence-corrected chi connectivity index (χ3v) is 3.58. The number of nitrogens with two attached hydrogens (primary N) is 2. The van der Waals surface area contributed by atoms with Crippen LogP contribution >= 0.6 is 12.4 Å². The number of rotatable bonds is 7. The maximum Gasteiger partial charge on any atom is 0.250 e. The first kappa shape index (κ1) is 19.3. The number of carbonyl (C=O) groups is 1. The highest BCUT2D eigenvalue weighted by atomic mass is 35.5. The summed E-state index contributed by atoms with van der Waals surface area (Å²) in [5, 5.41) is 0. The molecule has 1 heterocycles. The Labute approximate surface area is 142 Å². The number of methoxy groups -OCH3 is 1. The third-order valence-electron chi connectivity index (χ3n) is 3.58. The van der Waals surface area contributed by atoms with Crippen molar-refractivity contribution in [3.8, 4) is 11.5 Å². The largest absolute Gasteiger partial charge is 0.493 e. The van der Waals surface area contributed by atoms with Crippen molar-refractivity contribution >= 4 is 24.0 Å². The summed E-state index contributed by atoms with van der Waals surface area (Å²) in [5.74, 6) is 0.385. The first-order chi connectivity index (χ1) is 10.6. The van der Waals surface area contributed by atoms with Gasteiger partial charge in [-0.3, -0.25) is 9.69 Å². The van der Waals surface area contributed by atoms with Gasteiger partial charge in [-0.1, -0.05) is 0 Å². The van der Waals surface area contributed by atoms with Crippen LogP contribution in [0.25, 0.3) is 0 Å². The summed E-state index contributed by atoms with van der Waals surface area (Å²) in [5.41, 5.74) is 11.6. The molecule has 0 spiro atoms. The zero-order chi connectivity index (χ0) is 15.9. The number of carbonyl (C=O) groups excluding carboxylic acids is 1. The molecule has 1 fully saturated rings. The van der Waals surface area contributed by atoms with E-state index in [1.54, 1.807) is 6.07 Å². The van der Waals surface area contributed by atoms with Gasteiger partial charge in [0, 0.05) is 31.4 Å². The number of morpholine rings is 1. The minimum Gasteiger partial charge on any atom is -0.493 e. The molecule has 1 aromatic carbocycles. The normalized spacial score (nSPS) is 14.8. The number of halogens is 1. The van der Waals surface area contributed by atoms with Crippen molar-refractivity contribution in [2.24, 2.45) is 5.73 Å². The molecule has 0 bridgehead atoms. The predicted octanol–water partition coefficient (Wildman–Crippen LogP) is 0.899. The molecule has 0 aromatic heterocycles. The van der Waals surface area contributed by atoms with Crippen LogP contribution in [-0.4, -0.2) is 57.4 Å². The standard InChI is InChI=1S/C15H23N3O4.ClH/c1-20-13-9-11(15(17)19)12(16)10-14(13)22-6-2-3-18-4-7-21-8-5-18;/h9-10H,2-8,16H2,1H3,(H2,17,19);1H. The number of ether oxygens (including phenoxy) is 3. The van der Waals surface area contributed by atoms with Gasteiger partial charge in [0.2, 0.25) is 0 Å². The molecule has 1 aromatic rings. The molecule has 2 rings (SSSR count). The van der Waals surface area contributed by atoms with E-state index in [-0.39, 0.29) is 23.7 Å². The number of benzene rings is 1. The number of hydrogen-bond acceptors (Lipinski definition) is 6. The Kier molecular flexibility index (Phi) is 7.94. The van der Waals surface area contributed by atoms with E-state index in [2.05, 4.69) is 4.90 Å². The summed E-state index contributed by atoms with van der Waals surface area (Å²) in [6.45, 7) is 5.01. The first-order valence-corrected chi connectivity index (χ1v) is 7.32. The van der Waals surface area contributed by atoms with Crippen molar-refractivity contribution in [1.29, 1.82) is 0 Å². The Morgan fingerprint density at radius 2 is 2.00 bits per heavy atom. The minimum absolute atomic E-state index is 0. The van der Waals surface area contributed by atoms with Crippen LogP contribution in [0, 0.1) is 0 Å². The molecule has 1 saturated heterocycles. The second kappa shape index (κ2) is 9.44. The van der Waals surface area contributed by atoms with E-state index in [0.717, 1.165) is 39.3 Å². The van der Waals surface area contributed by atoms with Crippen LogP contribution in [-0.2, 0) is 4.74 Å². The molecule has 0 atom stereocenters. The average Bonchev–Trinajstić information content (AvgIpc) is 2.52. The van der Waals surface area contributed by atoms with Gasteiger partial charge >= 0.3 is 0 Å². The Bertz CT molecular complexity index is 522. The molecule has 0 aliphatic carbocycles. The average molecular weight is 346 g/mol. The van der Waals surface area contributed by atoms with Crippen molar-refractivity contribution in [2.75, 3.05) is 52.3 Å². The predicted molar refractivity (Wildman–Crippen MR) is 90.5 cm³/mol. The fourth-order valence-electron chi connectivity index (χ4n) is 2.36. The van der Waals surface area contributed by atoms with E-state index in [1.807, 2.05) is 0 Å². The molecule has 8 heteroatoms. The summed E-state index contributed by atoms with van der Waals surface area (Å²) in [7, 11) is 1.51. The minimum atomic E-state index is -0.588. The molecule has 1 amide bonds.